The summed E-state index contributed by atoms with van der Waals surface area (Å²) >= 11 is 1.48. The van der Waals surface area contributed by atoms with Crippen LogP contribution in [0.15, 0.2) is 34.7 Å². The first-order valence-electron chi connectivity index (χ1n) is 4.60. The lowest BCUT2D eigenvalue weighted by atomic mass is 10.4. The van der Waals surface area contributed by atoms with Gasteiger partial charge in [-0.1, -0.05) is 12.2 Å². The second-order valence-electron chi connectivity index (χ2n) is 3.05. The lowest BCUT2D eigenvalue weighted by Crippen LogP contribution is -2.19. The second-order valence-corrected chi connectivity index (χ2v) is 3.94. The molecule has 2 rings (SSSR count). The molecule has 0 radical (unpaired) electrons. The number of hydrogen-bond donors (Lipinski definition) is 1. The van der Waals surface area contributed by atoms with Gasteiger partial charge in [-0.25, -0.2) is 4.98 Å². The molecular weight excluding hydrogens is 210 g/mol. The number of nitrogens with two attached hydrogens (primary N) is 1. The summed E-state index contributed by atoms with van der Waals surface area (Å²) < 4.78 is 1.57. The summed E-state index contributed by atoms with van der Waals surface area (Å²) in [4.78, 5) is 16.8. The van der Waals surface area contributed by atoms with Crippen molar-refractivity contribution in [1.82, 2.24) is 9.55 Å². The minimum atomic E-state index is 0.00271. The SMILES string of the molecule is NCC=CCn1cnc2sccc2c1=O. The molecular formula is C10H11N3OS. The Bertz CT molecular complexity index is 541. The zero-order valence-corrected chi connectivity index (χ0v) is 8.91. The average molecular weight is 221 g/mol. The van der Waals surface area contributed by atoms with Crippen molar-refractivity contribution in [3.05, 3.63) is 40.3 Å². The Labute approximate surface area is 90.7 Å². The van der Waals surface area contributed by atoms with Gasteiger partial charge in [-0.15, -0.1) is 11.3 Å². The van der Waals surface area contributed by atoms with Gasteiger partial charge in [0.1, 0.15) is 4.83 Å². The molecule has 0 fully saturated rings. The van der Waals surface area contributed by atoms with Crippen LogP contribution in [0.25, 0.3) is 10.2 Å². The van der Waals surface area contributed by atoms with Crippen LogP contribution in [0, 0.1) is 0 Å². The van der Waals surface area contributed by atoms with E-state index in [0.717, 1.165) is 4.83 Å². The van der Waals surface area contributed by atoms with Gasteiger partial charge in [-0.05, 0) is 11.4 Å². The molecule has 15 heavy (non-hydrogen) atoms. The molecule has 0 spiro atoms. The Morgan fingerprint density at radius 3 is 3.20 bits per heavy atom. The molecule has 2 N–H and O–H groups in total. The number of rotatable bonds is 3. The largest absolute Gasteiger partial charge is 0.327 e. The predicted octanol–water partition coefficient (Wildman–Crippen LogP) is 0.973. The van der Waals surface area contributed by atoms with Crippen LogP contribution in [-0.2, 0) is 6.54 Å². The average Bonchev–Trinajstić information content (AvgIpc) is 2.70. The van der Waals surface area contributed by atoms with Gasteiger partial charge < -0.3 is 5.73 Å². The number of aromatic nitrogens is 2. The number of hydrogen-bond acceptors (Lipinski definition) is 4. The molecule has 0 aromatic carbocycles. The van der Waals surface area contributed by atoms with E-state index in [0.29, 0.717) is 18.5 Å². The minimum absolute atomic E-state index is 0.00271. The highest BCUT2D eigenvalue weighted by atomic mass is 32.1. The lowest BCUT2D eigenvalue weighted by Gasteiger charge is -2.00. The Morgan fingerprint density at radius 1 is 1.53 bits per heavy atom. The lowest BCUT2D eigenvalue weighted by molar-refractivity contribution is 0.766. The van der Waals surface area contributed by atoms with Crippen LogP contribution in [0.1, 0.15) is 0 Å². The molecule has 0 aliphatic rings. The van der Waals surface area contributed by atoms with E-state index in [2.05, 4.69) is 4.98 Å². The maximum absolute atomic E-state index is 11.8. The zero-order valence-electron chi connectivity index (χ0n) is 8.09. The summed E-state index contributed by atoms with van der Waals surface area (Å²) in [7, 11) is 0. The molecule has 78 valence electrons. The molecule has 0 saturated heterocycles. The van der Waals surface area contributed by atoms with E-state index in [-0.39, 0.29) is 5.56 Å². The van der Waals surface area contributed by atoms with Gasteiger partial charge in [-0.2, -0.15) is 0 Å². The van der Waals surface area contributed by atoms with Crippen molar-refractivity contribution in [1.29, 1.82) is 0 Å². The third-order valence-corrected chi connectivity index (χ3v) is 2.88. The highest BCUT2D eigenvalue weighted by molar-refractivity contribution is 7.16. The number of fused-ring (bicyclic) bond motifs is 1. The first-order valence-corrected chi connectivity index (χ1v) is 5.48. The Morgan fingerprint density at radius 2 is 2.40 bits per heavy atom. The van der Waals surface area contributed by atoms with Crippen molar-refractivity contribution in [2.24, 2.45) is 5.73 Å². The molecule has 2 aromatic heterocycles. The first-order chi connectivity index (χ1) is 7.33. The summed E-state index contributed by atoms with van der Waals surface area (Å²) in [5.41, 5.74) is 5.32. The Balaban J connectivity index is 2.40. The van der Waals surface area contributed by atoms with Crippen molar-refractivity contribution in [3.63, 3.8) is 0 Å². The molecule has 0 amide bonds. The molecule has 5 heteroatoms. The maximum Gasteiger partial charge on any atom is 0.262 e. The van der Waals surface area contributed by atoms with E-state index < -0.39 is 0 Å². The standard InChI is InChI=1S/C10H11N3OS/c11-4-1-2-5-13-7-12-9-8(10(13)14)3-6-15-9/h1-3,6-7H,4-5,11H2. The van der Waals surface area contributed by atoms with Crippen molar-refractivity contribution in [2.45, 2.75) is 6.54 Å². The number of allylic oxidation sites excluding steroid dienone is 1. The summed E-state index contributed by atoms with van der Waals surface area (Å²) in [5.74, 6) is 0. The minimum Gasteiger partial charge on any atom is -0.327 e. The smallest absolute Gasteiger partial charge is 0.262 e. The van der Waals surface area contributed by atoms with E-state index in [4.69, 9.17) is 5.73 Å². The fraction of sp³-hybridized carbons (Fsp3) is 0.200. The van der Waals surface area contributed by atoms with Crippen molar-refractivity contribution >= 4 is 21.6 Å². The second kappa shape index (κ2) is 4.37. The van der Waals surface area contributed by atoms with Gasteiger partial charge in [0, 0.05) is 13.1 Å². The highest BCUT2D eigenvalue weighted by Crippen LogP contribution is 2.12. The van der Waals surface area contributed by atoms with Crippen molar-refractivity contribution < 1.29 is 0 Å². The quantitative estimate of drug-likeness (QED) is 0.786. The van der Waals surface area contributed by atoms with Gasteiger partial charge in [0.2, 0.25) is 0 Å². The number of nitrogens with zero attached hydrogens (tertiary/aromatic N) is 2. The topological polar surface area (TPSA) is 60.9 Å². The predicted molar refractivity (Wildman–Crippen MR) is 62.1 cm³/mol. The molecule has 0 aliphatic heterocycles. The van der Waals surface area contributed by atoms with E-state index >= 15 is 0 Å². The van der Waals surface area contributed by atoms with Crippen LogP contribution in [0.2, 0.25) is 0 Å². The highest BCUT2D eigenvalue weighted by Gasteiger charge is 2.02. The number of thiophene rings is 1. The van der Waals surface area contributed by atoms with Crippen LogP contribution in [0.5, 0.6) is 0 Å². The van der Waals surface area contributed by atoms with Crippen molar-refractivity contribution in [2.75, 3.05) is 6.54 Å². The Kier molecular flexibility index (Phi) is 2.94. The van der Waals surface area contributed by atoms with E-state index in [1.807, 2.05) is 17.5 Å². The van der Waals surface area contributed by atoms with Gasteiger partial charge >= 0.3 is 0 Å². The van der Waals surface area contributed by atoms with Gasteiger partial charge in [-0.3, -0.25) is 9.36 Å². The summed E-state index contributed by atoms with van der Waals surface area (Å²) in [6.07, 6.45) is 5.26. The van der Waals surface area contributed by atoms with Gasteiger partial charge in [0.05, 0.1) is 11.7 Å². The van der Waals surface area contributed by atoms with Crippen LogP contribution < -0.4 is 11.3 Å². The van der Waals surface area contributed by atoms with Crippen LogP contribution in [0.3, 0.4) is 0 Å². The normalized spacial score (nSPS) is 11.5. The van der Waals surface area contributed by atoms with E-state index in [1.54, 1.807) is 17.0 Å². The third-order valence-electron chi connectivity index (χ3n) is 2.06. The molecule has 4 nitrogen and oxygen atoms in total. The molecule has 0 aliphatic carbocycles. The van der Waals surface area contributed by atoms with Crippen molar-refractivity contribution in [3.8, 4) is 0 Å². The monoisotopic (exact) mass is 221 g/mol. The molecule has 0 atom stereocenters. The van der Waals surface area contributed by atoms with Crippen LogP contribution in [0.4, 0.5) is 0 Å². The molecule has 2 heterocycles. The maximum atomic E-state index is 11.8. The summed E-state index contributed by atoms with van der Waals surface area (Å²) in [5, 5.41) is 2.56. The summed E-state index contributed by atoms with van der Waals surface area (Å²) in [6.45, 7) is 1.01. The fourth-order valence-corrected chi connectivity index (χ4v) is 2.03. The summed E-state index contributed by atoms with van der Waals surface area (Å²) in [6, 6.07) is 1.80. The molecule has 0 saturated carbocycles. The first kappa shape index (κ1) is 10.1. The molecule has 2 aromatic rings. The van der Waals surface area contributed by atoms with E-state index in [9.17, 15) is 4.79 Å². The van der Waals surface area contributed by atoms with E-state index in [1.165, 1.54) is 11.3 Å². The van der Waals surface area contributed by atoms with Gasteiger partial charge in [0.15, 0.2) is 0 Å². The zero-order chi connectivity index (χ0) is 10.7. The van der Waals surface area contributed by atoms with Crippen LogP contribution >= 0.6 is 11.3 Å². The Hall–Kier alpha value is -1.46. The molecule has 0 bridgehead atoms. The third kappa shape index (κ3) is 1.98. The fourth-order valence-electron chi connectivity index (χ4n) is 1.31. The van der Waals surface area contributed by atoms with Crippen LogP contribution in [-0.4, -0.2) is 16.1 Å². The molecule has 0 unspecified atom stereocenters. The van der Waals surface area contributed by atoms with Gasteiger partial charge in [0.25, 0.3) is 5.56 Å².